The molecule has 1 atom stereocenters. The van der Waals surface area contributed by atoms with E-state index in [1.165, 1.54) is 6.07 Å². The molecule has 11 heteroatoms. The monoisotopic (exact) mass is 370 g/mol. The Hall–Kier alpha value is -2.43. The van der Waals surface area contributed by atoms with Gasteiger partial charge in [0.15, 0.2) is 5.65 Å². The molecule has 2 aromatic heterocycles. The van der Waals surface area contributed by atoms with E-state index in [0.717, 1.165) is 6.42 Å². The van der Waals surface area contributed by atoms with Crippen LogP contribution in [0.2, 0.25) is 0 Å². The fourth-order valence-electron chi connectivity index (χ4n) is 3.40. The fraction of sp³-hybridized carbons (Fsp3) is 0.600. The summed E-state index contributed by atoms with van der Waals surface area (Å²) in [6.07, 6.45) is -3.24. The summed E-state index contributed by atoms with van der Waals surface area (Å²) >= 11 is 0. The van der Waals surface area contributed by atoms with E-state index in [-0.39, 0.29) is 11.6 Å². The molecule has 0 N–H and O–H groups in total. The molecule has 0 aromatic carbocycles. The number of ether oxygens (including phenoxy) is 1. The number of anilines is 1. The molecular weight excluding hydrogens is 353 g/mol. The van der Waals surface area contributed by atoms with Crippen LogP contribution in [-0.4, -0.2) is 69.5 Å². The molecule has 2 aromatic rings. The molecule has 0 saturated carbocycles. The number of hydrogen-bond acceptors (Lipinski definition) is 6. The molecule has 1 amide bonds. The lowest BCUT2D eigenvalue weighted by molar-refractivity contribution is -0.146. The van der Waals surface area contributed by atoms with Crippen molar-refractivity contribution in [3.63, 3.8) is 0 Å². The maximum atomic E-state index is 13.1. The first kappa shape index (κ1) is 17.0. The predicted octanol–water partition coefficient (Wildman–Crippen LogP) is 0.971. The van der Waals surface area contributed by atoms with Gasteiger partial charge in [0.2, 0.25) is 5.91 Å². The molecule has 0 aliphatic carbocycles. The Kier molecular flexibility index (Phi) is 4.17. The van der Waals surface area contributed by atoms with Crippen LogP contribution in [0.15, 0.2) is 12.1 Å². The van der Waals surface area contributed by atoms with Gasteiger partial charge in [0, 0.05) is 19.6 Å². The van der Waals surface area contributed by atoms with Gasteiger partial charge >= 0.3 is 6.18 Å². The molecule has 0 unspecified atom stereocenters. The van der Waals surface area contributed by atoms with Crippen LogP contribution < -0.4 is 4.90 Å². The topological polar surface area (TPSA) is 75.9 Å². The van der Waals surface area contributed by atoms with E-state index in [1.807, 2.05) is 0 Å². The van der Waals surface area contributed by atoms with Crippen LogP contribution in [0.3, 0.4) is 0 Å². The number of hydrogen-bond donors (Lipinski definition) is 0. The van der Waals surface area contributed by atoms with Crippen molar-refractivity contribution in [2.45, 2.75) is 25.1 Å². The molecule has 0 bridgehead atoms. The number of fused-ring (bicyclic) bond motifs is 1. The highest BCUT2D eigenvalue weighted by Gasteiger charge is 2.39. The quantitative estimate of drug-likeness (QED) is 0.784. The summed E-state index contributed by atoms with van der Waals surface area (Å²) in [5, 5.41) is 10.7. The molecule has 2 aliphatic rings. The molecular formula is C15H17F3N6O2. The van der Waals surface area contributed by atoms with Gasteiger partial charge in [-0.1, -0.05) is 0 Å². The number of carbonyl (C=O) groups is 1. The maximum absolute atomic E-state index is 13.1. The third-order valence-electron chi connectivity index (χ3n) is 4.66. The van der Waals surface area contributed by atoms with Crippen LogP contribution in [0.25, 0.3) is 5.65 Å². The summed E-state index contributed by atoms with van der Waals surface area (Å²) in [5.74, 6) is -0.899. The van der Waals surface area contributed by atoms with Gasteiger partial charge in [0.05, 0.1) is 13.2 Å². The van der Waals surface area contributed by atoms with Gasteiger partial charge in [-0.15, -0.1) is 15.3 Å². The van der Waals surface area contributed by atoms with Gasteiger partial charge in [-0.3, -0.25) is 4.79 Å². The Morgan fingerprint density at radius 3 is 2.65 bits per heavy atom. The average Bonchev–Trinajstić information content (AvgIpc) is 3.27. The standard InChI is InChI=1S/C15H17F3N6O2/c16-15(17,18)14-20-19-11-3-4-12(21-24(11)14)23-5-1-2-10(23)13(25)22-6-8-26-9-7-22/h3-4,10H,1-2,5-9H2/t10-/m1/s1. The Morgan fingerprint density at radius 1 is 1.15 bits per heavy atom. The minimum absolute atomic E-state index is 0.0105. The Morgan fingerprint density at radius 2 is 1.92 bits per heavy atom. The third-order valence-corrected chi connectivity index (χ3v) is 4.66. The highest BCUT2D eigenvalue weighted by Crippen LogP contribution is 2.29. The minimum atomic E-state index is -4.65. The van der Waals surface area contributed by atoms with Crippen LogP contribution in [0.1, 0.15) is 18.7 Å². The van der Waals surface area contributed by atoms with Crippen molar-refractivity contribution in [1.82, 2.24) is 24.7 Å². The number of alkyl halides is 3. The van der Waals surface area contributed by atoms with E-state index in [1.54, 1.807) is 15.9 Å². The van der Waals surface area contributed by atoms with Crippen LogP contribution in [0.4, 0.5) is 19.0 Å². The van der Waals surface area contributed by atoms with Crippen molar-refractivity contribution in [1.29, 1.82) is 0 Å². The van der Waals surface area contributed by atoms with Gasteiger partial charge in [0.25, 0.3) is 5.82 Å². The largest absolute Gasteiger partial charge is 0.453 e. The molecule has 4 rings (SSSR count). The smallest absolute Gasteiger partial charge is 0.378 e. The second-order valence-corrected chi connectivity index (χ2v) is 6.27. The maximum Gasteiger partial charge on any atom is 0.453 e. The summed E-state index contributed by atoms with van der Waals surface area (Å²) in [6, 6.07) is 2.58. The van der Waals surface area contributed by atoms with E-state index in [2.05, 4.69) is 15.3 Å². The van der Waals surface area contributed by atoms with Crippen molar-refractivity contribution in [3.05, 3.63) is 18.0 Å². The van der Waals surface area contributed by atoms with Crippen molar-refractivity contribution in [2.24, 2.45) is 0 Å². The summed E-state index contributed by atoms with van der Waals surface area (Å²) < 4.78 is 45.1. The van der Waals surface area contributed by atoms with Crippen LogP contribution >= 0.6 is 0 Å². The number of rotatable bonds is 2. The molecule has 140 valence electrons. The highest BCUT2D eigenvalue weighted by molar-refractivity contribution is 5.85. The van der Waals surface area contributed by atoms with Gasteiger partial charge < -0.3 is 14.5 Å². The van der Waals surface area contributed by atoms with E-state index in [9.17, 15) is 18.0 Å². The molecule has 8 nitrogen and oxygen atoms in total. The first-order chi connectivity index (χ1) is 12.4. The molecule has 2 aliphatic heterocycles. The number of amides is 1. The van der Waals surface area contributed by atoms with Crippen molar-refractivity contribution >= 4 is 17.4 Å². The summed E-state index contributed by atoms with van der Waals surface area (Å²) in [4.78, 5) is 16.3. The second-order valence-electron chi connectivity index (χ2n) is 6.27. The summed E-state index contributed by atoms with van der Waals surface area (Å²) in [7, 11) is 0. The zero-order chi connectivity index (χ0) is 18.3. The summed E-state index contributed by atoms with van der Waals surface area (Å²) in [6.45, 7) is 2.61. The fourth-order valence-corrected chi connectivity index (χ4v) is 3.40. The summed E-state index contributed by atoms with van der Waals surface area (Å²) in [5.41, 5.74) is 0.0105. The lowest BCUT2D eigenvalue weighted by Crippen LogP contribution is -2.50. The highest BCUT2D eigenvalue weighted by atomic mass is 19.4. The van der Waals surface area contributed by atoms with Gasteiger partial charge in [-0.05, 0) is 25.0 Å². The van der Waals surface area contributed by atoms with Gasteiger partial charge in [-0.25, -0.2) is 0 Å². The number of aromatic nitrogens is 4. The van der Waals surface area contributed by atoms with Crippen molar-refractivity contribution < 1.29 is 22.7 Å². The molecule has 2 saturated heterocycles. The zero-order valence-electron chi connectivity index (χ0n) is 13.8. The lowest BCUT2D eigenvalue weighted by atomic mass is 10.2. The normalized spacial score (nSPS) is 21.6. The number of halogens is 3. The molecule has 0 radical (unpaired) electrons. The average molecular weight is 370 g/mol. The second kappa shape index (κ2) is 6.38. The lowest BCUT2D eigenvalue weighted by Gasteiger charge is -2.32. The number of carbonyl (C=O) groups excluding carboxylic acids is 1. The number of nitrogens with zero attached hydrogens (tertiary/aromatic N) is 6. The van der Waals surface area contributed by atoms with Crippen molar-refractivity contribution in [3.8, 4) is 0 Å². The Bertz CT molecular complexity index is 817. The zero-order valence-corrected chi connectivity index (χ0v) is 13.8. The van der Waals surface area contributed by atoms with E-state index >= 15 is 0 Å². The molecule has 26 heavy (non-hydrogen) atoms. The molecule has 4 heterocycles. The first-order valence-electron chi connectivity index (χ1n) is 8.38. The SMILES string of the molecule is O=C([C@H]1CCCN1c1ccc2nnc(C(F)(F)F)n2n1)N1CCOCC1. The predicted molar refractivity (Wildman–Crippen MR) is 83.6 cm³/mol. The van der Waals surface area contributed by atoms with Crippen LogP contribution in [0.5, 0.6) is 0 Å². The third kappa shape index (κ3) is 2.96. The first-order valence-corrected chi connectivity index (χ1v) is 8.38. The van der Waals surface area contributed by atoms with Crippen LogP contribution in [0, 0.1) is 0 Å². The van der Waals surface area contributed by atoms with Crippen LogP contribution in [-0.2, 0) is 15.7 Å². The van der Waals surface area contributed by atoms with E-state index in [0.29, 0.717) is 49.6 Å². The number of morpholine rings is 1. The van der Waals surface area contributed by atoms with Gasteiger partial charge in [0.1, 0.15) is 11.9 Å². The Labute approximate surface area is 146 Å². The van der Waals surface area contributed by atoms with E-state index in [4.69, 9.17) is 4.74 Å². The minimum Gasteiger partial charge on any atom is -0.378 e. The van der Waals surface area contributed by atoms with E-state index < -0.39 is 18.0 Å². The molecule has 0 spiro atoms. The Balaban J connectivity index is 1.64. The molecule has 2 fully saturated rings. The van der Waals surface area contributed by atoms with Crippen molar-refractivity contribution in [2.75, 3.05) is 37.7 Å². The van der Waals surface area contributed by atoms with Gasteiger partial charge in [-0.2, -0.15) is 17.7 Å².